The molecule has 0 spiro atoms. The quantitative estimate of drug-likeness (QED) is 0.406. The Balaban J connectivity index is 3.97. The lowest BCUT2D eigenvalue weighted by atomic mass is 10.1. The van der Waals surface area contributed by atoms with Crippen molar-refractivity contribution in [1.29, 1.82) is 0 Å². The largest absolute Gasteiger partial charge is 0.103 e. The highest BCUT2D eigenvalue weighted by molar-refractivity contribution is 5.14. The van der Waals surface area contributed by atoms with Gasteiger partial charge in [0.25, 0.3) is 0 Å². The van der Waals surface area contributed by atoms with Crippen LogP contribution in [0.25, 0.3) is 0 Å². The Kier molecular flexibility index (Phi) is 7.78. The van der Waals surface area contributed by atoms with Gasteiger partial charge < -0.3 is 0 Å². The van der Waals surface area contributed by atoms with Crippen molar-refractivity contribution < 1.29 is 0 Å². The molecule has 0 aliphatic heterocycles. The van der Waals surface area contributed by atoms with E-state index in [2.05, 4.69) is 38.7 Å². The summed E-state index contributed by atoms with van der Waals surface area (Å²) in [6.45, 7) is 8.10. The smallest absolute Gasteiger partial charge is 0.0138 e. The van der Waals surface area contributed by atoms with Crippen LogP contribution in [0.2, 0.25) is 0 Å². The van der Waals surface area contributed by atoms with Gasteiger partial charge in [0.05, 0.1) is 0 Å². The van der Waals surface area contributed by atoms with Gasteiger partial charge in [0, 0.05) is 0 Å². The first-order valence-corrected chi connectivity index (χ1v) is 4.80. The molecule has 0 unspecified atom stereocenters. The van der Waals surface area contributed by atoms with Crippen molar-refractivity contribution in [2.75, 3.05) is 0 Å². The van der Waals surface area contributed by atoms with Crippen molar-refractivity contribution in [2.24, 2.45) is 0 Å². The van der Waals surface area contributed by atoms with Crippen LogP contribution in [0.1, 0.15) is 39.5 Å². The minimum Gasteiger partial charge on any atom is -0.103 e. The van der Waals surface area contributed by atoms with E-state index in [1.807, 2.05) is 6.08 Å². The molecule has 0 N–H and O–H groups in total. The summed E-state index contributed by atoms with van der Waals surface area (Å²) >= 11 is 0. The third kappa shape index (κ3) is 5.96. The van der Waals surface area contributed by atoms with Gasteiger partial charge in [-0.25, -0.2) is 0 Å². The van der Waals surface area contributed by atoms with E-state index >= 15 is 0 Å². The maximum Gasteiger partial charge on any atom is -0.0138 e. The van der Waals surface area contributed by atoms with Gasteiger partial charge in [-0.2, -0.15) is 0 Å². The first kappa shape index (κ1) is 11.2. The molecule has 0 aliphatic carbocycles. The van der Waals surface area contributed by atoms with Gasteiger partial charge in [-0.15, -0.1) is 6.58 Å². The highest BCUT2D eigenvalue weighted by atomic mass is 14.0. The van der Waals surface area contributed by atoms with E-state index in [1.54, 1.807) is 0 Å². The highest BCUT2D eigenvalue weighted by Crippen LogP contribution is 2.09. The molecule has 0 saturated heterocycles. The van der Waals surface area contributed by atoms with Gasteiger partial charge >= 0.3 is 0 Å². The molecular formula is C12H20. The molecule has 0 aliphatic rings. The van der Waals surface area contributed by atoms with Gasteiger partial charge in [-0.3, -0.25) is 0 Å². The normalized spacial score (nSPS) is 12.3. The number of hydrogen-bond donors (Lipinski definition) is 0. The predicted molar refractivity (Wildman–Crippen MR) is 57.2 cm³/mol. The van der Waals surface area contributed by atoms with Crippen LogP contribution in [0.3, 0.4) is 0 Å². The van der Waals surface area contributed by atoms with Gasteiger partial charge in [0.2, 0.25) is 0 Å². The lowest BCUT2D eigenvalue weighted by Gasteiger charge is -1.99. The zero-order chi connectivity index (χ0) is 9.23. The molecule has 0 heteroatoms. The van der Waals surface area contributed by atoms with E-state index in [9.17, 15) is 0 Å². The highest BCUT2D eigenvalue weighted by Gasteiger charge is 1.89. The second-order valence-corrected chi connectivity index (χ2v) is 2.90. The number of hydrogen-bond acceptors (Lipinski definition) is 0. The van der Waals surface area contributed by atoms with Gasteiger partial charge in [0.15, 0.2) is 0 Å². The fraction of sp³-hybridized carbons (Fsp3) is 0.500. The Morgan fingerprint density at radius 1 is 1.33 bits per heavy atom. The first-order chi connectivity index (χ1) is 5.85. The zero-order valence-electron chi connectivity index (χ0n) is 8.34. The SMILES string of the molecule is C=CCC(=CC=CCC)CCC. The minimum absolute atomic E-state index is 1.03. The fourth-order valence-electron chi connectivity index (χ4n) is 1.10. The summed E-state index contributed by atoms with van der Waals surface area (Å²) in [5, 5.41) is 0. The molecule has 0 nitrogen and oxygen atoms in total. The lowest BCUT2D eigenvalue weighted by Crippen LogP contribution is -1.79. The second-order valence-electron chi connectivity index (χ2n) is 2.90. The molecule has 68 valence electrons. The second kappa shape index (κ2) is 8.32. The molecular weight excluding hydrogens is 144 g/mol. The maximum atomic E-state index is 3.75. The zero-order valence-corrected chi connectivity index (χ0v) is 8.34. The van der Waals surface area contributed by atoms with E-state index in [0.717, 1.165) is 12.8 Å². The van der Waals surface area contributed by atoms with Crippen LogP contribution in [0.5, 0.6) is 0 Å². The van der Waals surface area contributed by atoms with Gasteiger partial charge in [-0.1, -0.05) is 50.1 Å². The van der Waals surface area contributed by atoms with Crippen molar-refractivity contribution in [3.05, 3.63) is 36.5 Å². The predicted octanol–water partition coefficient (Wildman–Crippen LogP) is 4.26. The average Bonchev–Trinajstić information content (AvgIpc) is 2.06. The van der Waals surface area contributed by atoms with Crippen LogP contribution in [0.4, 0.5) is 0 Å². The Morgan fingerprint density at radius 3 is 2.58 bits per heavy atom. The monoisotopic (exact) mass is 164 g/mol. The van der Waals surface area contributed by atoms with Crippen molar-refractivity contribution in [3.8, 4) is 0 Å². The van der Waals surface area contributed by atoms with Gasteiger partial charge in [0.1, 0.15) is 0 Å². The van der Waals surface area contributed by atoms with Crippen molar-refractivity contribution in [1.82, 2.24) is 0 Å². The summed E-state index contributed by atoms with van der Waals surface area (Å²) in [7, 11) is 0. The summed E-state index contributed by atoms with van der Waals surface area (Å²) in [5.74, 6) is 0. The summed E-state index contributed by atoms with van der Waals surface area (Å²) in [5.41, 5.74) is 1.48. The summed E-state index contributed by atoms with van der Waals surface area (Å²) in [4.78, 5) is 0. The van der Waals surface area contributed by atoms with Crippen LogP contribution >= 0.6 is 0 Å². The summed E-state index contributed by atoms with van der Waals surface area (Å²) in [6, 6.07) is 0. The number of allylic oxidation sites excluding steroid dienone is 5. The van der Waals surface area contributed by atoms with Crippen LogP contribution < -0.4 is 0 Å². The number of rotatable bonds is 6. The lowest BCUT2D eigenvalue weighted by molar-refractivity contribution is 0.880. The minimum atomic E-state index is 1.03. The molecule has 0 saturated carbocycles. The van der Waals surface area contributed by atoms with Crippen LogP contribution in [0, 0.1) is 0 Å². The molecule has 0 amide bonds. The molecule has 0 atom stereocenters. The van der Waals surface area contributed by atoms with Crippen molar-refractivity contribution in [2.45, 2.75) is 39.5 Å². The molecule has 0 radical (unpaired) electrons. The maximum absolute atomic E-state index is 3.75. The van der Waals surface area contributed by atoms with Crippen molar-refractivity contribution >= 4 is 0 Å². The van der Waals surface area contributed by atoms with E-state index in [0.29, 0.717) is 0 Å². The van der Waals surface area contributed by atoms with Crippen LogP contribution in [-0.2, 0) is 0 Å². The standard InChI is InChI=1S/C12H20/c1-4-7-8-11-12(9-5-2)10-6-3/h5,7-8,11H,2,4,6,9-10H2,1,3H3. The van der Waals surface area contributed by atoms with Crippen LogP contribution in [0.15, 0.2) is 36.5 Å². The van der Waals surface area contributed by atoms with Gasteiger partial charge in [-0.05, 0) is 19.3 Å². The fourth-order valence-corrected chi connectivity index (χ4v) is 1.10. The molecule has 0 aromatic rings. The van der Waals surface area contributed by atoms with E-state index < -0.39 is 0 Å². The van der Waals surface area contributed by atoms with E-state index in [4.69, 9.17) is 0 Å². The topological polar surface area (TPSA) is 0 Å². The molecule has 0 aromatic heterocycles. The molecule has 0 fully saturated rings. The third-order valence-electron chi connectivity index (χ3n) is 1.68. The Morgan fingerprint density at radius 2 is 2.08 bits per heavy atom. The van der Waals surface area contributed by atoms with E-state index in [-0.39, 0.29) is 0 Å². The third-order valence-corrected chi connectivity index (χ3v) is 1.68. The van der Waals surface area contributed by atoms with E-state index in [1.165, 1.54) is 18.4 Å². The molecule has 0 heterocycles. The Hall–Kier alpha value is -0.780. The molecule has 0 bridgehead atoms. The van der Waals surface area contributed by atoms with Crippen LogP contribution in [-0.4, -0.2) is 0 Å². The first-order valence-electron chi connectivity index (χ1n) is 4.80. The summed E-state index contributed by atoms with van der Waals surface area (Å²) in [6.07, 6.45) is 13.1. The Bertz CT molecular complexity index is 161. The summed E-state index contributed by atoms with van der Waals surface area (Å²) < 4.78 is 0. The van der Waals surface area contributed by atoms with Crippen molar-refractivity contribution in [3.63, 3.8) is 0 Å². The average molecular weight is 164 g/mol. The molecule has 0 rings (SSSR count). The molecule has 12 heavy (non-hydrogen) atoms. The molecule has 0 aromatic carbocycles. The Labute approximate surface area is 76.7 Å².